The topological polar surface area (TPSA) is 3.88 Å². The van der Waals surface area contributed by atoms with Gasteiger partial charge in [0, 0.05) is 28.6 Å². The number of rotatable bonds is 4. The Morgan fingerprint density at radius 3 is 2.12 bits per heavy atom. The molecular weight excluding hydrogens is 314 g/mol. The molecule has 0 amide bonds. The Morgan fingerprint density at radius 2 is 1.38 bits per heavy atom. The molecule has 0 aliphatic carbocycles. The lowest BCUT2D eigenvalue weighted by Gasteiger charge is -2.10. The molecule has 1 aromatic heterocycles. The quantitative estimate of drug-likeness (QED) is 0.404. The van der Waals surface area contributed by atoms with Crippen LogP contribution in [0.3, 0.4) is 0 Å². The summed E-state index contributed by atoms with van der Waals surface area (Å²) in [6.45, 7) is 5.34. The molecule has 4 rings (SSSR count). The molecule has 0 fully saturated rings. The van der Waals surface area contributed by atoms with Crippen molar-refractivity contribution < 1.29 is 4.57 Å². The number of pyridine rings is 1. The van der Waals surface area contributed by atoms with Crippen LogP contribution in [0.5, 0.6) is 0 Å². The largest absolute Gasteiger partial charge is 0.213 e. The van der Waals surface area contributed by atoms with E-state index in [0.717, 1.165) is 6.54 Å². The zero-order valence-corrected chi connectivity index (χ0v) is 15.4. The molecule has 0 N–H and O–H groups in total. The maximum Gasteiger partial charge on any atom is 0.213 e. The van der Waals surface area contributed by atoms with Crippen LogP contribution in [0.2, 0.25) is 0 Å². The number of aromatic nitrogens is 1. The van der Waals surface area contributed by atoms with E-state index in [1.54, 1.807) is 0 Å². The maximum atomic E-state index is 2.43. The molecule has 0 spiro atoms. The molecule has 26 heavy (non-hydrogen) atoms. The van der Waals surface area contributed by atoms with Gasteiger partial charge >= 0.3 is 0 Å². The second kappa shape index (κ2) is 7.13. The third-order valence-electron chi connectivity index (χ3n) is 5.00. The standard InChI is InChI=1S/C25H24N/c1-19(2)21-12-14-23(15-13-21)25-17-16-22-10-6-7-11-24(22)26(25)18-20-8-4-3-5-9-20/h3-17,19H,18H2,1-2H3/q+1. The SMILES string of the molecule is CC(C)c1ccc(-c2ccc3ccccc3[n+]2Cc2ccccc2)cc1. The molecule has 0 radical (unpaired) electrons. The van der Waals surface area contributed by atoms with E-state index in [-0.39, 0.29) is 0 Å². The molecular formula is C25H24N+. The van der Waals surface area contributed by atoms with Gasteiger partial charge in [0.05, 0.1) is 0 Å². The van der Waals surface area contributed by atoms with E-state index in [1.165, 1.54) is 33.3 Å². The monoisotopic (exact) mass is 338 g/mol. The first kappa shape index (κ1) is 16.5. The van der Waals surface area contributed by atoms with Gasteiger partial charge in [-0.05, 0) is 35.7 Å². The zero-order valence-electron chi connectivity index (χ0n) is 15.4. The Kier molecular flexibility index (Phi) is 4.53. The summed E-state index contributed by atoms with van der Waals surface area (Å²) >= 11 is 0. The van der Waals surface area contributed by atoms with E-state index in [9.17, 15) is 0 Å². The van der Waals surface area contributed by atoms with E-state index < -0.39 is 0 Å². The lowest BCUT2D eigenvalue weighted by atomic mass is 10.00. The van der Waals surface area contributed by atoms with Crippen LogP contribution in [0, 0.1) is 0 Å². The third-order valence-corrected chi connectivity index (χ3v) is 5.00. The smallest absolute Gasteiger partial charge is 0.187 e. The van der Waals surface area contributed by atoms with Crippen molar-refractivity contribution in [1.82, 2.24) is 0 Å². The van der Waals surface area contributed by atoms with Gasteiger partial charge in [0.2, 0.25) is 11.2 Å². The van der Waals surface area contributed by atoms with Gasteiger partial charge in [-0.15, -0.1) is 0 Å². The normalized spacial score (nSPS) is 11.2. The first-order valence-electron chi connectivity index (χ1n) is 9.28. The highest BCUT2D eigenvalue weighted by Crippen LogP contribution is 2.23. The summed E-state index contributed by atoms with van der Waals surface area (Å²) in [5.74, 6) is 0.553. The van der Waals surface area contributed by atoms with Crippen LogP contribution in [0.25, 0.3) is 22.2 Å². The van der Waals surface area contributed by atoms with Crippen molar-refractivity contribution in [2.45, 2.75) is 26.3 Å². The molecule has 1 heterocycles. The molecule has 0 aliphatic heterocycles. The average Bonchev–Trinajstić information content (AvgIpc) is 2.69. The summed E-state index contributed by atoms with van der Waals surface area (Å²) in [6, 6.07) is 32.8. The van der Waals surface area contributed by atoms with Crippen molar-refractivity contribution in [3.05, 3.63) is 102 Å². The maximum absolute atomic E-state index is 2.43. The molecule has 4 aromatic rings. The minimum atomic E-state index is 0.553. The van der Waals surface area contributed by atoms with Crippen molar-refractivity contribution in [3.63, 3.8) is 0 Å². The van der Waals surface area contributed by atoms with Crippen LogP contribution >= 0.6 is 0 Å². The van der Waals surface area contributed by atoms with E-state index in [0.29, 0.717) is 5.92 Å². The van der Waals surface area contributed by atoms with Gasteiger partial charge < -0.3 is 0 Å². The van der Waals surface area contributed by atoms with Crippen LogP contribution < -0.4 is 4.57 Å². The number of para-hydroxylation sites is 1. The number of hydrogen-bond donors (Lipinski definition) is 0. The highest BCUT2D eigenvalue weighted by Gasteiger charge is 2.18. The minimum Gasteiger partial charge on any atom is -0.187 e. The summed E-state index contributed by atoms with van der Waals surface area (Å²) in [5.41, 5.74) is 6.47. The number of fused-ring (bicyclic) bond motifs is 1. The Balaban J connectivity index is 1.87. The number of hydrogen-bond acceptors (Lipinski definition) is 0. The fraction of sp³-hybridized carbons (Fsp3) is 0.160. The van der Waals surface area contributed by atoms with Gasteiger partial charge in [-0.1, -0.05) is 68.4 Å². The fourth-order valence-corrected chi connectivity index (χ4v) is 3.49. The fourth-order valence-electron chi connectivity index (χ4n) is 3.49. The summed E-state index contributed by atoms with van der Waals surface area (Å²) in [5, 5.41) is 1.27. The molecule has 0 aliphatic rings. The first-order valence-corrected chi connectivity index (χ1v) is 9.28. The summed E-state index contributed by atoms with van der Waals surface area (Å²) < 4.78 is 2.43. The Labute approximate surface area is 155 Å². The molecule has 1 heteroatoms. The molecule has 0 bridgehead atoms. The second-order valence-corrected chi connectivity index (χ2v) is 7.13. The Bertz CT molecular complexity index is 1010. The van der Waals surface area contributed by atoms with Crippen LogP contribution in [0.15, 0.2) is 91.0 Å². The molecule has 1 nitrogen and oxygen atoms in total. The van der Waals surface area contributed by atoms with Gasteiger partial charge in [0.15, 0.2) is 6.54 Å². The minimum absolute atomic E-state index is 0.553. The van der Waals surface area contributed by atoms with Gasteiger partial charge in [-0.3, -0.25) is 0 Å². The van der Waals surface area contributed by atoms with E-state index in [2.05, 4.69) is 109 Å². The first-order chi connectivity index (χ1) is 12.7. The highest BCUT2D eigenvalue weighted by atomic mass is 15.0. The molecule has 0 saturated carbocycles. The van der Waals surface area contributed by atoms with Crippen molar-refractivity contribution in [1.29, 1.82) is 0 Å². The second-order valence-electron chi connectivity index (χ2n) is 7.13. The highest BCUT2D eigenvalue weighted by molar-refractivity contribution is 5.77. The van der Waals surface area contributed by atoms with Gasteiger partial charge in [0.25, 0.3) is 0 Å². The molecule has 0 unspecified atom stereocenters. The van der Waals surface area contributed by atoms with Crippen molar-refractivity contribution in [3.8, 4) is 11.3 Å². The third kappa shape index (κ3) is 3.25. The van der Waals surface area contributed by atoms with Crippen LogP contribution in [-0.2, 0) is 6.54 Å². The van der Waals surface area contributed by atoms with Crippen molar-refractivity contribution in [2.24, 2.45) is 0 Å². The van der Waals surface area contributed by atoms with Gasteiger partial charge in [0.1, 0.15) is 0 Å². The Hall–Kier alpha value is -2.93. The predicted molar refractivity (Wildman–Crippen MR) is 109 cm³/mol. The lowest BCUT2D eigenvalue weighted by Crippen LogP contribution is -2.37. The predicted octanol–water partition coefficient (Wildman–Crippen LogP) is 5.97. The van der Waals surface area contributed by atoms with E-state index in [4.69, 9.17) is 0 Å². The van der Waals surface area contributed by atoms with Gasteiger partial charge in [-0.25, -0.2) is 0 Å². The van der Waals surface area contributed by atoms with Crippen LogP contribution in [-0.4, -0.2) is 0 Å². The van der Waals surface area contributed by atoms with Gasteiger partial charge in [-0.2, -0.15) is 4.57 Å². The van der Waals surface area contributed by atoms with E-state index in [1.807, 2.05) is 0 Å². The lowest BCUT2D eigenvalue weighted by molar-refractivity contribution is -0.651. The summed E-state index contributed by atoms with van der Waals surface area (Å²) in [4.78, 5) is 0. The zero-order chi connectivity index (χ0) is 17.9. The number of nitrogens with zero attached hydrogens (tertiary/aromatic N) is 1. The number of benzene rings is 3. The summed E-state index contributed by atoms with van der Waals surface area (Å²) in [7, 11) is 0. The van der Waals surface area contributed by atoms with Crippen molar-refractivity contribution in [2.75, 3.05) is 0 Å². The van der Waals surface area contributed by atoms with Crippen molar-refractivity contribution >= 4 is 10.9 Å². The molecule has 128 valence electrons. The Morgan fingerprint density at radius 1 is 0.692 bits per heavy atom. The van der Waals surface area contributed by atoms with E-state index >= 15 is 0 Å². The van der Waals surface area contributed by atoms with Crippen LogP contribution in [0.4, 0.5) is 0 Å². The summed E-state index contributed by atoms with van der Waals surface area (Å²) in [6.07, 6.45) is 0. The molecule has 0 saturated heterocycles. The molecule has 0 atom stereocenters. The molecule has 3 aromatic carbocycles. The van der Waals surface area contributed by atoms with Crippen LogP contribution in [0.1, 0.15) is 30.9 Å². The average molecular weight is 338 g/mol.